The Balaban J connectivity index is 1.97. The van der Waals surface area contributed by atoms with Crippen LogP contribution in [-0.2, 0) is 14.3 Å². The number of fused-ring (bicyclic) bond motifs is 1. The molecule has 5 rings (SSSR count). The molecule has 1 heterocycles. The van der Waals surface area contributed by atoms with E-state index in [1.807, 2.05) is 91.0 Å². The minimum Gasteiger partial charge on any atom is -0.478 e. The molecule has 4 aromatic carbocycles. The van der Waals surface area contributed by atoms with Gasteiger partial charge in [0.2, 0.25) is 11.4 Å². The molecule has 0 bridgehead atoms. The van der Waals surface area contributed by atoms with Gasteiger partial charge in [-0.3, -0.25) is 14.5 Å². The van der Waals surface area contributed by atoms with E-state index in [-0.39, 0.29) is 16.4 Å². The molecule has 0 spiro atoms. The number of carbonyl (C=O) groups is 3. The largest absolute Gasteiger partial charge is 0.478 e. The van der Waals surface area contributed by atoms with E-state index in [9.17, 15) is 19.5 Å². The van der Waals surface area contributed by atoms with E-state index in [1.165, 1.54) is 0 Å². The van der Waals surface area contributed by atoms with Crippen molar-refractivity contribution >= 4 is 41.0 Å². The third kappa shape index (κ3) is 6.20. The zero-order valence-electron chi connectivity index (χ0n) is 26.9. The molecule has 1 atom stereocenters. The smallest absolute Gasteiger partial charge is 0.338 e. The van der Waals surface area contributed by atoms with Gasteiger partial charge in [0.15, 0.2) is 7.26 Å². The number of carbonyl (C=O) groups excluding carboxylic acids is 3. The highest BCUT2D eigenvalue weighted by atomic mass is 31.2. The molecule has 0 unspecified atom stereocenters. The summed E-state index contributed by atoms with van der Waals surface area (Å²) in [4.78, 5) is 44.1. The van der Waals surface area contributed by atoms with E-state index in [0.717, 1.165) is 20.8 Å². The Morgan fingerprint density at radius 3 is 1.30 bits per heavy atom. The van der Waals surface area contributed by atoms with E-state index < -0.39 is 48.2 Å². The fourth-order valence-corrected chi connectivity index (χ4v) is 10.3. The summed E-state index contributed by atoms with van der Waals surface area (Å²) >= 11 is 0. The second-order valence-electron chi connectivity index (χ2n) is 13.0. The highest BCUT2D eigenvalue weighted by Gasteiger charge is 2.61. The van der Waals surface area contributed by atoms with Gasteiger partial charge in [0.25, 0.3) is 11.8 Å². The summed E-state index contributed by atoms with van der Waals surface area (Å²) < 4.78 is 12.2. The molecular formula is C38H39NO6P+. The van der Waals surface area contributed by atoms with Crippen molar-refractivity contribution in [3.63, 3.8) is 0 Å². The molecule has 0 fully saturated rings. The van der Waals surface area contributed by atoms with Crippen molar-refractivity contribution in [2.24, 2.45) is 0 Å². The zero-order valence-corrected chi connectivity index (χ0v) is 27.8. The fourth-order valence-electron chi connectivity index (χ4n) is 5.74. The highest BCUT2D eigenvalue weighted by molar-refractivity contribution is 7.99. The van der Waals surface area contributed by atoms with Crippen LogP contribution in [0.25, 0.3) is 0 Å². The van der Waals surface area contributed by atoms with Gasteiger partial charge >= 0.3 is 11.9 Å². The lowest BCUT2D eigenvalue weighted by atomic mass is 10.1. The Labute approximate surface area is 270 Å². The molecule has 0 saturated carbocycles. The van der Waals surface area contributed by atoms with Crippen LogP contribution >= 0.6 is 7.26 Å². The van der Waals surface area contributed by atoms with Gasteiger partial charge in [-0.25, -0.2) is 4.79 Å². The Kier molecular flexibility index (Phi) is 8.92. The second kappa shape index (κ2) is 12.6. The minimum absolute atomic E-state index is 0.0785. The molecule has 46 heavy (non-hydrogen) atoms. The average Bonchev–Trinajstić information content (AvgIpc) is 3.26. The van der Waals surface area contributed by atoms with Crippen molar-refractivity contribution in [2.45, 2.75) is 58.8 Å². The van der Waals surface area contributed by atoms with Crippen LogP contribution in [0.2, 0.25) is 0 Å². The van der Waals surface area contributed by atoms with E-state index in [2.05, 4.69) is 0 Å². The first kappa shape index (κ1) is 32.6. The molecule has 7 nitrogen and oxygen atoms in total. The molecule has 0 radical (unpaired) electrons. The zero-order chi connectivity index (χ0) is 33.3. The molecule has 0 aromatic heterocycles. The van der Waals surface area contributed by atoms with Crippen LogP contribution in [0.4, 0.5) is 0 Å². The molecular weight excluding hydrogens is 597 g/mol. The van der Waals surface area contributed by atoms with Gasteiger partial charge in [0.1, 0.15) is 27.1 Å². The van der Waals surface area contributed by atoms with E-state index >= 15 is 0 Å². The standard InChI is InChI=1S/C38H38NO6P/c1-37(2,3)44-35(42)31(39-33(40)29-24-16-17-25-30(29)34(39)41)32(36(43)45-38(4,5)6)46(26-18-10-7-11-19-26,27-20-12-8-13-21-27)28-22-14-9-15-23-28/h7-25,31H,1-6H3/p+1/b36-32+/t31-/m1/s1. The monoisotopic (exact) mass is 636 g/mol. The van der Waals surface area contributed by atoms with Crippen LogP contribution in [0.1, 0.15) is 62.3 Å². The first-order valence-electron chi connectivity index (χ1n) is 15.1. The van der Waals surface area contributed by atoms with Gasteiger partial charge in [-0.05, 0) is 90.1 Å². The van der Waals surface area contributed by atoms with Crippen molar-refractivity contribution in [1.82, 2.24) is 4.90 Å². The summed E-state index contributed by atoms with van der Waals surface area (Å²) in [5.74, 6) is -2.74. The number of aliphatic hydroxyl groups excluding tert-OH is 1. The van der Waals surface area contributed by atoms with Gasteiger partial charge in [-0.1, -0.05) is 66.7 Å². The van der Waals surface area contributed by atoms with Gasteiger partial charge in [-0.15, -0.1) is 0 Å². The van der Waals surface area contributed by atoms with Crippen LogP contribution in [-0.4, -0.2) is 45.0 Å². The number of hydrogen-bond donors (Lipinski definition) is 1. The van der Waals surface area contributed by atoms with Crippen molar-refractivity contribution < 1.29 is 29.0 Å². The van der Waals surface area contributed by atoms with Crippen LogP contribution in [0, 0.1) is 0 Å². The molecule has 0 aliphatic carbocycles. The number of aliphatic hydroxyl groups is 1. The number of rotatable bonds is 8. The van der Waals surface area contributed by atoms with Crippen LogP contribution in [0.5, 0.6) is 0 Å². The Morgan fingerprint density at radius 1 is 0.609 bits per heavy atom. The van der Waals surface area contributed by atoms with Crippen molar-refractivity contribution in [1.29, 1.82) is 0 Å². The molecule has 236 valence electrons. The van der Waals surface area contributed by atoms with Crippen molar-refractivity contribution in [3.8, 4) is 0 Å². The fraction of sp³-hybridized carbons (Fsp3) is 0.237. The molecule has 1 aliphatic rings. The van der Waals surface area contributed by atoms with E-state index in [1.54, 1.807) is 65.8 Å². The van der Waals surface area contributed by atoms with Gasteiger partial charge in [-0.2, -0.15) is 0 Å². The summed E-state index contributed by atoms with van der Waals surface area (Å²) in [6, 6.07) is 33.4. The summed E-state index contributed by atoms with van der Waals surface area (Å²) in [6.45, 7) is 10.5. The average molecular weight is 637 g/mol. The predicted octanol–water partition coefficient (Wildman–Crippen LogP) is 6.53. The van der Waals surface area contributed by atoms with E-state index in [4.69, 9.17) is 9.47 Å². The number of amides is 2. The molecule has 2 amide bonds. The van der Waals surface area contributed by atoms with Crippen molar-refractivity contribution in [3.05, 3.63) is 138 Å². The second-order valence-corrected chi connectivity index (χ2v) is 16.4. The Hall–Kier alpha value is -4.74. The number of esters is 1. The Bertz CT molecular complexity index is 1640. The lowest BCUT2D eigenvalue weighted by molar-refractivity contribution is -0.158. The molecule has 1 aliphatic heterocycles. The van der Waals surface area contributed by atoms with E-state index in [0.29, 0.717) is 0 Å². The third-order valence-corrected chi connectivity index (χ3v) is 11.8. The SMILES string of the molecule is CC(C)(C)OC(=O)[C@@H](/C(=C(/O)OC(C)(C)C)[P+](c1ccccc1)(c1ccccc1)c1ccccc1)N1C(=O)c2ccccc2C1=O. The molecule has 4 aromatic rings. The lowest BCUT2D eigenvalue weighted by Gasteiger charge is -2.36. The van der Waals surface area contributed by atoms with Gasteiger partial charge in [0.05, 0.1) is 11.1 Å². The maximum absolute atomic E-state index is 14.7. The minimum atomic E-state index is -3.32. The summed E-state index contributed by atoms with van der Waals surface area (Å²) in [5, 5.41) is 14.8. The molecule has 1 N–H and O–H groups in total. The highest BCUT2D eigenvalue weighted by Crippen LogP contribution is 2.65. The lowest BCUT2D eigenvalue weighted by Crippen LogP contribution is -2.51. The predicted molar refractivity (Wildman–Crippen MR) is 182 cm³/mol. The third-order valence-electron chi connectivity index (χ3n) is 7.39. The Morgan fingerprint density at radius 2 is 0.957 bits per heavy atom. The maximum atomic E-state index is 14.7. The van der Waals surface area contributed by atoms with Crippen LogP contribution < -0.4 is 15.9 Å². The first-order valence-corrected chi connectivity index (χ1v) is 16.9. The summed E-state index contributed by atoms with van der Waals surface area (Å²) in [7, 11) is -3.32. The van der Waals surface area contributed by atoms with Gasteiger partial charge < -0.3 is 14.6 Å². The number of nitrogens with zero attached hydrogens (tertiary/aromatic N) is 1. The molecule has 0 saturated heterocycles. The van der Waals surface area contributed by atoms with Crippen LogP contribution in [0.3, 0.4) is 0 Å². The summed E-state index contributed by atoms with van der Waals surface area (Å²) in [5.41, 5.74) is -1.58. The summed E-state index contributed by atoms with van der Waals surface area (Å²) in [6.07, 6.45) is 0. The number of imide groups is 1. The quantitative estimate of drug-likeness (QED) is 0.102. The number of ether oxygens (including phenoxy) is 2. The topological polar surface area (TPSA) is 93.1 Å². The maximum Gasteiger partial charge on any atom is 0.338 e. The number of benzene rings is 4. The normalized spacial score (nSPS) is 14.8. The first-order chi connectivity index (χ1) is 21.8. The van der Waals surface area contributed by atoms with Crippen LogP contribution in [0.15, 0.2) is 127 Å². The van der Waals surface area contributed by atoms with Crippen molar-refractivity contribution in [2.75, 3.05) is 0 Å². The molecule has 8 heteroatoms. The van der Waals surface area contributed by atoms with Gasteiger partial charge in [0, 0.05) is 0 Å². The number of hydrogen-bond acceptors (Lipinski definition) is 6.